The van der Waals surface area contributed by atoms with Gasteiger partial charge in [-0.2, -0.15) is 0 Å². The zero-order valence-electron chi connectivity index (χ0n) is 16.0. The van der Waals surface area contributed by atoms with Crippen molar-refractivity contribution in [1.82, 2.24) is 4.90 Å². The van der Waals surface area contributed by atoms with E-state index in [9.17, 15) is 4.79 Å². The second-order valence-electron chi connectivity index (χ2n) is 7.30. The van der Waals surface area contributed by atoms with E-state index in [4.69, 9.17) is 4.74 Å². The second-order valence-corrected chi connectivity index (χ2v) is 7.30. The molecule has 0 heterocycles. The maximum absolute atomic E-state index is 12.7. The van der Waals surface area contributed by atoms with E-state index in [0.29, 0.717) is 0 Å². The van der Waals surface area contributed by atoms with Crippen molar-refractivity contribution in [3.8, 4) is 0 Å². The van der Waals surface area contributed by atoms with E-state index in [2.05, 4.69) is 27.7 Å². The van der Waals surface area contributed by atoms with Gasteiger partial charge in [-0.05, 0) is 52.4 Å². The van der Waals surface area contributed by atoms with E-state index >= 15 is 0 Å². The van der Waals surface area contributed by atoms with E-state index in [-0.39, 0.29) is 17.7 Å². The first kappa shape index (κ1) is 20.3. The third-order valence-electron chi connectivity index (χ3n) is 5.55. The van der Waals surface area contributed by atoms with Crippen molar-refractivity contribution < 1.29 is 9.53 Å². The molecule has 1 atom stereocenters. The van der Waals surface area contributed by atoms with Gasteiger partial charge in [0.2, 0.25) is 0 Å². The Kier molecular flexibility index (Phi) is 9.66. The lowest BCUT2D eigenvalue weighted by Crippen LogP contribution is -2.45. The van der Waals surface area contributed by atoms with Crippen LogP contribution < -0.4 is 0 Å². The molecule has 0 aromatic heterocycles. The summed E-state index contributed by atoms with van der Waals surface area (Å²) in [5.41, 5.74) is -0.191. The number of hydrogen-bond donors (Lipinski definition) is 0. The van der Waals surface area contributed by atoms with E-state index in [1.807, 2.05) is 4.90 Å². The third kappa shape index (κ3) is 6.73. The van der Waals surface area contributed by atoms with Gasteiger partial charge >= 0.3 is 6.09 Å². The number of amides is 1. The van der Waals surface area contributed by atoms with Crippen LogP contribution >= 0.6 is 0 Å². The summed E-state index contributed by atoms with van der Waals surface area (Å²) in [5.74, 6) is 0. The number of nitrogens with zero attached hydrogens (tertiary/aromatic N) is 1. The number of ether oxygens (including phenoxy) is 1. The standard InChI is InChI=1S/C20H39NO2/c1-5-8-9-10-12-15-18(4)21(7-3)19(22)23-20(6-2)16-13-11-14-17-20/h18H,5-17H2,1-4H3. The number of unbranched alkanes of at least 4 members (excludes halogenated alkanes) is 4. The van der Waals surface area contributed by atoms with Gasteiger partial charge in [-0.3, -0.25) is 0 Å². The number of carbonyl (C=O) groups is 1. The van der Waals surface area contributed by atoms with Gasteiger partial charge in [0.25, 0.3) is 0 Å². The minimum Gasteiger partial charge on any atom is -0.443 e. The number of carbonyl (C=O) groups excluding carboxylic acids is 1. The second kappa shape index (κ2) is 10.9. The van der Waals surface area contributed by atoms with Crippen LogP contribution in [0.15, 0.2) is 0 Å². The Morgan fingerprint density at radius 2 is 1.70 bits per heavy atom. The topological polar surface area (TPSA) is 29.5 Å². The third-order valence-corrected chi connectivity index (χ3v) is 5.55. The maximum Gasteiger partial charge on any atom is 0.410 e. The van der Waals surface area contributed by atoms with Gasteiger partial charge in [-0.25, -0.2) is 4.79 Å². The van der Waals surface area contributed by atoms with Gasteiger partial charge in [-0.1, -0.05) is 52.4 Å². The fourth-order valence-corrected chi connectivity index (χ4v) is 3.79. The highest BCUT2D eigenvalue weighted by atomic mass is 16.6. The Bertz CT molecular complexity index is 324. The summed E-state index contributed by atoms with van der Waals surface area (Å²) in [6.45, 7) is 9.38. The predicted octanol–water partition coefficient (Wildman–Crippen LogP) is 6.31. The molecular weight excluding hydrogens is 286 g/mol. The fraction of sp³-hybridized carbons (Fsp3) is 0.950. The Labute approximate surface area is 144 Å². The van der Waals surface area contributed by atoms with Crippen molar-refractivity contribution in [2.45, 2.75) is 116 Å². The summed E-state index contributed by atoms with van der Waals surface area (Å²) in [7, 11) is 0. The average molecular weight is 326 g/mol. The quantitative estimate of drug-likeness (QED) is 0.441. The predicted molar refractivity (Wildman–Crippen MR) is 97.8 cm³/mol. The van der Waals surface area contributed by atoms with Crippen LogP contribution in [0.2, 0.25) is 0 Å². The molecule has 1 aliphatic rings. The summed E-state index contributed by atoms with van der Waals surface area (Å²) in [4.78, 5) is 14.6. The lowest BCUT2D eigenvalue weighted by Gasteiger charge is -2.38. The molecule has 0 aromatic carbocycles. The molecule has 0 saturated heterocycles. The molecule has 1 rings (SSSR count). The smallest absolute Gasteiger partial charge is 0.410 e. The molecule has 0 aromatic rings. The highest BCUT2D eigenvalue weighted by Gasteiger charge is 2.36. The molecule has 1 aliphatic carbocycles. The minimum atomic E-state index is -0.191. The van der Waals surface area contributed by atoms with Crippen LogP contribution in [0.5, 0.6) is 0 Å². The fourth-order valence-electron chi connectivity index (χ4n) is 3.79. The molecule has 1 amide bonds. The molecule has 0 spiro atoms. The van der Waals surface area contributed by atoms with E-state index in [1.54, 1.807) is 0 Å². The van der Waals surface area contributed by atoms with Crippen LogP contribution in [0.1, 0.15) is 105 Å². The van der Waals surface area contributed by atoms with Crippen LogP contribution in [-0.4, -0.2) is 29.2 Å². The Morgan fingerprint density at radius 1 is 1.04 bits per heavy atom. The first-order valence-electron chi connectivity index (χ1n) is 10.1. The molecule has 3 heteroatoms. The number of rotatable bonds is 10. The average Bonchev–Trinajstić information content (AvgIpc) is 2.56. The Balaban J connectivity index is 2.46. The highest BCUT2D eigenvalue weighted by Crippen LogP contribution is 2.35. The summed E-state index contributed by atoms with van der Waals surface area (Å²) in [5, 5.41) is 0. The molecule has 23 heavy (non-hydrogen) atoms. The van der Waals surface area contributed by atoms with Crippen molar-refractivity contribution in [2.75, 3.05) is 6.54 Å². The Morgan fingerprint density at radius 3 is 2.26 bits per heavy atom. The molecule has 1 unspecified atom stereocenters. The van der Waals surface area contributed by atoms with Gasteiger partial charge < -0.3 is 9.64 Å². The molecule has 136 valence electrons. The van der Waals surface area contributed by atoms with Gasteiger partial charge in [0, 0.05) is 12.6 Å². The first-order valence-corrected chi connectivity index (χ1v) is 10.1. The van der Waals surface area contributed by atoms with Gasteiger partial charge in [0.15, 0.2) is 0 Å². The summed E-state index contributed by atoms with van der Waals surface area (Å²) in [6, 6.07) is 0.284. The van der Waals surface area contributed by atoms with E-state index in [0.717, 1.165) is 32.2 Å². The Hall–Kier alpha value is -0.730. The minimum absolute atomic E-state index is 0.0858. The largest absolute Gasteiger partial charge is 0.443 e. The summed E-state index contributed by atoms with van der Waals surface area (Å²) >= 11 is 0. The van der Waals surface area contributed by atoms with Crippen LogP contribution in [0.4, 0.5) is 4.79 Å². The van der Waals surface area contributed by atoms with Gasteiger partial charge in [0.05, 0.1) is 0 Å². The first-order chi connectivity index (χ1) is 11.1. The molecule has 0 bridgehead atoms. The highest BCUT2D eigenvalue weighted by molar-refractivity contribution is 5.68. The van der Waals surface area contributed by atoms with Crippen molar-refractivity contribution in [3.63, 3.8) is 0 Å². The zero-order chi connectivity index (χ0) is 17.1. The van der Waals surface area contributed by atoms with Crippen LogP contribution in [-0.2, 0) is 4.74 Å². The number of hydrogen-bond acceptors (Lipinski definition) is 2. The zero-order valence-corrected chi connectivity index (χ0v) is 16.0. The van der Waals surface area contributed by atoms with Crippen molar-refractivity contribution in [3.05, 3.63) is 0 Å². The summed E-state index contributed by atoms with van der Waals surface area (Å²) < 4.78 is 6.03. The lowest BCUT2D eigenvalue weighted by molar-refractivity contribution is -0.0399. The molecule has 1 saturated carbocycles. The van der Waals surface area contributed by atoms with Crippen molar-refractivity contribution in [2.24, 2.45) is 0 Å². The van der Waals surface area contributed by atoms with Crippen LogP contribution in [0.25, 0.3) is 0 Å². The van der Waals surface area contributed by atoms with Crippen LogP contribution in [0.3, 0.4) is 0 Å². The van der Waals surface area contributed by atoms with E-state index in [1.165, 1.54) is 51.4 Å². The molecule has 0 radical (unpaired) electrons. The van der Waals surface area contributed by atoms with Crippen molar-refractivity contribution in [1.29, 1.82) is 0 Å². The summed E-state index contributed by atoms with van der Waals surface area (Å²) in [6.07, 6.45) is 14.1. The molecular formula is C20H39NO2. The van der Waals surface area contributed by atoms with E-state index < -0.39 is 0 Å². The normalized spacial score (nSPS) is 18.4. The van der Waals surface area contributed by atoms with Gasteiger partial charge in [-0.15, -0.1) is 0 Å². The van der Waals surface area contributed by atoms with Gasteiger partial charge in [0.1, 0.15) is 5.60 Å². The molecule has 1 fully saturated rings. The van der Waals surface area contributed by atoms with Crippen LogP contribution in [0, 0.1) is 0 Å². The maximum atomic E-state index is 12.7. The molecule has 0 N–H and O–H groups in total. The monoisotopic (exact) mass is 325 g/mol. The lowest BCUT2D eigenvalue weighted by atomic mass is 9.83. The van der Waals surface area contributed by atoms with Crippen molar-refractivity contribution >= 4 is 6.09 Å². The molecule has 0 aliphatic heterocycles. The molecule has 3 nitrogen and oxygen atoms in total. The SMILES string of the molecule is CCCCCCCC(C)N(CC)C(=O)OC1(CC)CCCCC1.